The van der Waals surface area contributed by atoms with Gasteiger partial charge in [-0.1, -0.05) is 75.0 Å². The number of nitrogens with one attached hydrogen (secondary N) is 1. The fourth-order valence-corrected chi connectivity index (χ4v) is 5.40. The van der Waals surface area contributed by atoms with Gasteiger partial charge in [0, 0.05) is 23.5 Å². The van der Waals surface area contributed by atoms with Crippen LogP contribution < -0.4 is 5.32 Å². The predicted octanol–water partition coefficient (Wildman–Crippen LogP) is 6.96. The topological polar surface area (TPSA) is 101 Å². The second kappa shape index (κ2) is 15.3. The number of halogens is 1. The molecule has 1 aromatic heterocycles. The summed E-state index contributed by atoms with van der Waals surface area (Å²) in [6.45, 7) is 7.86. The zero-order valence-corrected chi connectivity index (χ0v) is 25.1. The maximum atomic E-state index is 14.1. The molecule has 0 saturated heterocycles. The zero-order chi connectivity index (χ0) is 31.6. The lowest BCUT2D eigenvalue weighted by Crippen LogP contribution is -2.23. The van der Waals surface area contributed by atoms with E-state index < -0.39 is 18.2 Å². The van der Waals surface area contributed by atoms with E-state index in [1.165, 1.54) is 18.2 Å². The fourth-order valence-electron chi connectivity index (χ4n) is 5.40. The summed E-state index contributed by atoms with van der Waals surface area (Å²) < 4.78 is 21.0. The van der Waals surface area contributed by atoms with Crippen LogP contribution in [0.25, 0.3) is 22.4 Å². The van der Waals surface area contributed by atoms with Crippen molar-refractivity contribution in [2.45, 2.75) is 57.8 Å². The molecule has 44 heavy (non-hydrogen) atoms. The highest BCUT2D eigenvalue weighted by Gasteiger charge is 2.31. The summed E-state index contributed by atoms with van der Waals surface area (Å²) >= 11 is 0. The van der Waals surface area contributed by atoms with Crippen LogP contribution in [0.4, 0.5) is 10.1 Å². The van der Waals surface area contributed by atoms with E-state index in [4.69, 9.17) is 4.74 Å². The standard InChI is InChI=1S/C36H39FN2O5/c1-4-21-44-31(42)23-30(41)22-29(40)19-20-39-34(24(2)3)33(36(43)38-28-13-9-6-10-14-28)32(25-11-7-5-8-12-25)35(39)26-15-17-27(37)18-16-26/h4-18,24,29-30,40-41H,1,19-23H2,2-3H3,(H,38,43)/t29-,30-/m1/s1. The molecule has 4 aromatic rings. The van der Waals surface area contributed by atoms with E-state index in [0.717, 1.165) is 17.0 Å². The third kappa shape index (κ3) is 8.09. The number of nitrogens with zero attached hydrogens (tertiary/aromatic N) is 1. The number of aliphatic hydroxyl groups is 2. The van der Waals surface area contributed by atoms with Crippen molar-refractivity contribution < 1.29 is 28.9 Å². The Balaban J connectivity index is 1.79. The first-order valence-electron chi connectivity index (χ1n) is 14.8. The van der Waals surface area contributed by atoms with Crippen molar-refractivity contribution in [3.63, 3.8) is 0 Å². The van der Waals surface area contributed by atoms with Crippen LogP contribution in [0.1, 0.15) is 55.1 Å². The van der Waals surface area contributed by atoms with Gasteiger partial charge in [-0.2, -0.15) is 0 Å². The number of para-hydroxylation sites is 1. The normalized spacial score (nSPS) is 12.5. The third-order valence-electron chi connectivity index (χ3n) is 7.28. The lowest BCUT2D eigenvalue weighted by atomic mass is 9.94. The Hall–Kier alpha value is -4.53. The predicted molar refractivity (Wildman–Crippen MR) is 171 cm³/mol. The number of carbonyl (C=O) groups excluding carboxylic acids is 2. The molecule has 0 bridgehead atoms. The van der Waals surface area contributed by atoms with Crippen LogP contribution in [-0.2, 0) is 16.1 Å². The summed E-state index contributed by atoms with van der Waals surface area (Å²) in [5.74, 6) is -1.34. The quantitative estimate of drug-likeness (QED) is 0.108. The van der Waals surface area contributed by atoms with Crippen LogP contribution in [-0.4, -0.2) is 45.5 Å². The highest BCUT2D eigenvalue weighted by atomic mass is 19.1. The van der Waals surface area contributed by atoms with Gasteiger partial charge in [-0.25, -0.2) is 4.39 Å². The van der Waals surface area contributed by atoms with E-state index in [1.807, 2.05) is 79.1 Å². The third-order valence-corrected chi connectivity index (χ3v) is 7.28. The number of ether oxygens (including phenoxy) is 1. The Kier molecular flexibility index (Phi) is 11.2. The van der Waals surface area contributed by atoms with Gasteiger partial charge in [-0.05, 0) is 66.3 Å². The zero-order valence-electron chi connectivity index (χ0n) is 25.1. The smallest absolute Gasteiger partial charge is 0.308 e. The summed E-state index contributed by atoms with van der Waals surface area (Å²) in [6.07, 6.45) is -0.619. The molecule has 0 aliphatic carbocycles. The van der Waals surface area contributed by atoms with Crippen LogP contribution in [0.3, 0.4) is 0 Å². The van der Waals surface area contributed by atoms with Gasteiger partial charge < -0.3 is 24.8 Å². The Labute approximate surface area is 257 Å². The molecule has 0 aliphatic rings. The molecule has 1 amide bonds. The number of esters is 1. The number of hydrogen-bond donors (Lipinski definition) is 3. The summed E-state index contributed by atoms with van der Waals surface area (Å²) in [5.41, 5.74) is 4.86. The Morgan fingerprint density at radius 3 is 2.18 bits per heavy atom. The lowest BCUT2D eigenvalue weighted by Gasteiger charge is -2.20. The van der Waals surface area contributed by atoms with Gasteiger partial charge in [0.25, 0.3) is 5.91 Å². The second-order valence-electron chi connectivity index (χ2n) is 11.0. The molecule has 0 aliphatic heterocycles. The molecular formula is C36H39FN2O5. The number of aliphatic hydroxyl groups excluding tert-OH is 2. The van der Waals surface area contributed by atoms with E-state index >= 15 is 0 Å². The Bertz CT molecular complexity index is 1550. The van der Waals surface area contributed by atoms with Gasteiger partial charge >= 0.3 is 5.97 Å². The number of rotatable bonds is 14. The summed E-state index contributed by atoms with van der Waals surface area (Å²) in [6, 6.07) is 24.9. The van der Waals surface area contributed by atoms with Gasteiger partial charge in [-0.15, -0.1) is 0 Å². The van der Waals surface area contributed by atoms with Gasteiger partial charge in [0.1, 0.15) is 12.4 Å². The molecule has 4 rings (SSSR count). The van der Waals surface area contributed by atoms with E-state index in [2.05, 4.69) is 11.9 Å². The number of benzene rings is 3. The molecule has 3 N–H and O–H groups in total. The van der Waals surface area contributed by atoms with Crippen LogP contribution >= 0.6 is 0 Å². The first kappa shape index (κ1) is 32.4. The number of anilines is 1. The first-order chi connectivity index (χ1) is 21.2. The molecule has 2 atom stereocenters. The summed E-state index contributed by atoms with van der Waals surface area (Å²) in [5, 5.41) is 24.4. The van der Waals surface area contributed by atoms with Gasteiger partial charge in [-0.3, -0.25) is 9.59 Å². The Morgan fingerprint density at radius 1 is 0.932 bits per heavy atom. The molecule has 7 nitrogen and oxygen atoms in total. The molecule has 0 radical (unpaired) electrons. The highest BCUT2D eigenvalue weighted by Crippen LogP contribution is 2.42. The maximum absolute atomic E-state index is 14.1. The van der Waals surface area contributed by atoms with Crippen molar-refractivity contribution in [1.82, 2.24) is 4.57 Å². The van der Waals surface area contributed by atoms with Crippen molar-refractivity contribution in [3.8, 4) is 22.4 Å². The van der Waals surface area contributed by atoms with Crippen molar-refractivity contribution in [2.75, 3.05) is 11.9 Å². The molecule has 230 valence electrons. The van der Waals surface area contributed by atoms with Gasteiger partial charge in [0.2, 0.25) is 0 Å². The van der Waals surface area contributed by atoms with Crippen molar-refractivity contribution in [2.24, 2.45) is 0 Å². The van der Waals surface area contributed by atoms with Crippen LogP contribution in [0.5, 0.6) is 0 Å². The van der Waals surface area contributed by atoms with Crippen LogP contribution in [0.15, 0.2) is 97.6 Å². The van der Waals surface area contributed by atoms with Crippen molar-refractivity contribution in [1.29, 1.82) is 0 Å². The number of hydrogen-bond acceptors (Lipinski definition) is 5. The average molecular weight is 599 g/mol. The van der Waals surface area contributed by atoms with Gasteiger partial charge in [0.05, 0.1) is 29.9 Å². The van der Waals surface area contributed by atoms with Crippen LogP contribution in [0, 0.1) is 5.82 Å². The summed E-state index contributed by atoms with van der Waals surface area (Å²) in [7, 11) is 0. The first-order valence-corrected chi connectivity index (χ1v) is 14.8. The molecule has 0 spiro atoms. The van der Waals surface area contributed by atoms with E-state index in [9.17, 15) is 24.2 Å². The minimum absolute atomic E-state index is 0.0275. The number of amides is 1. The number of aromatic nitrogens is 1. The maximum Gasteiger partial charge on any atom is 0.308 e. The van der Waals surface area contributed by atoms with Crippen molar-refractivity contribution >= 4 is 17.6 Å². The van der Waals surface area contributed by atoms with Gasteiger partial charge in [0.15, 0.2) is 0 Å². The monoisotopic (exact) mass is 598 g/mol. The largest absolute Gasteiger partial charge is 0.461 e. The van der Waals surface area contributed by atoms with E-state index in [1.54, 1.807) is 12.1 Å². The molecule has 0 unspecified atom stereocenters. The molecule has 8 heteroatoms. The fraction of sp³-hybridized carbons (Fsp3) is 0.278. The molecule has 3 aromatic carbocycles. The molecule has 1 heterocycles. The van der Waals surface area contributed by atoms with Crippen molar-refractivity contribution in [3.05, 3.63) is 115 Å². The highest BCUT2D eigenvalue weighted by molar-refractivity contribution is 6.12. The minimum atomic E-state index is -1.08. The molecular weight excluding hydrogens is 559 g/mol. The second-order valence-corrected chi connectivity index (χ2v) is 11.0. The lowest BCUT2D eigenvalue weighted by molar-refractivity contribution is -0.144. The average Bonchev–Trinajstić information content (AvgIpc) is 3.36. The molecule has 0 fully saturated rings. The Morgan fingerprint density at radius 2 is 1.57 bits per heavy atom. The number of carbonyl (C=O) groups is 2. The van der Waals surface area contributed by atoms with Crippen LogP contribution in [0.2, 0.25) is 0 Å². The minimum Gasteiger partial charge on any atom is -0.461 e. The van der Waals surface area contributed by atoms with E-state index in [0.29, 0.717) is 28.9 Å². The molecule has 0 saturated carbocycles. The summed E-state index contributed by atoms with van der Waals surface area (Å²) in [4.78, 5) is 26.0. The SMILES string of the molecule is C=CCOC(=O)C[C@H](O)C[C@H](O)CCn1c(-c2ccc(F)cc2)c(-c2ccccc2)c(C(=O)Nc2ccccc2)c1C(C)C. The van der Waals surface area contributed by atoms with E-state index in [-0.39, 0.29) is 43.5 Å².